The summed E-state index contributed by atoms with van der Waals surface area (Å²) in [6.45, 7) is 11.5. The maximum atomic E-state index is 5.90. The summed E-state index contributed by atoms with van der Waals surface area (Å²) in [5.41, 5.74) is 2.64. The monoisotopic (exact) mass is 316 g/mol. The van der Waals surface area contributed by atoms with Crippen LogP contribution in [-0.4, -0.2) is 55.2 Å². The number of rotatable bonds is 6. The minimum atomic E-state index is 0.828. The van der Waals surface area contributed by atoms with Crippen LogP contribution in [0, 0.1) is 13.8 Å². The van der Waals surface area contributed by atoms with Crippen LogP contribution in [0.2, 0.25) is 0 Å². The second kappa shape index (κ2) is 8.16. The predicted molar refractivity (Wildman–Crippen MR) is 96.3 cm³/mol. The van der Waals surface area contributed by atoms with Crippen molar-refractivity contribution < 1.29 is 4.74 Å². The van der Waals surface area contributed by atoms with E-state index in [2.05, 4.69) is 41.8 Å². The van der Waals surface area contributed by atoms with Gasteiger partial charge in [0, 0.05) is 12.6 Å². The van der Waals surface area contributed by atoms with Crippen molar-refractivity contribution >= 4 is 0 Å². The number of likely N-dealkylation sites (tertiary alicyclic amines) is 2. The first-order valence-electron chi connectivity index (χ1n) is 9.39. The molecule has 0 saturated carbocycles. The van der Waals surface area contributed by atoms with Gasteiger partial charge in [-0.3, -0.25) is 0 Å². The smallest absolute Gasteiger partial charge is 0.119 e. The first kappa shape index (κ1) is 16.8. The molecule has 0 radical (unpaired) electrons. The Morgan fingerprint density at radius 1 is 1.00 bits per heavy atom. The van der Waals surface area contributed by atoms with Crippen LogP contribution in [0.3, 0.4) is 0 Å². The molecule has 1 aromatic rings. The number of nitrogens with zero attached hydrogens (tertiary/aromatic N) is 2. The van der Waals surface area contributed by atoms with E-state index in [9.17, 15) is 0 Å². The summed E-state index contributed by atoms with van der Waals surface area (Å²) in [5.74, 6) is 1.01. The second-order valence-electron chi connectivity index (χ2n) is 7.26. The number of hydrogen-bond donors (Lipinski definition) is 0. The number of ether oxygens (including phenoxy) is 1. The van der Waals surface area contributed by atoms with Crippen LogP contribution in [0.25, 0.3) is 0 Å². The van der Waals surface area contributed by atoms with Gasteiger partial charge in [0.25, 0.3) is 0 Å². The Hall–Kier alpha value is -1.06. The largest absolute Gasteiger partial charge is 0.494 e. The maximum Gasteiger partial charge on any atom is 0.119 e. The van der Waals surface area contributed by atoms with Crippen LogP contribution in [0.4, 0.5) is 0 Å². The molecule has 2 aliphatic heterocycles. The molecule has 0 atom stereocenters. The van der Waals surface area contributed by atoms with Gasteiger partial charge in [-0.2, -0.15) is 0 Å². The highest BCUT2D eigenvalue weighted by atomic mass is 16.5. The van der Waals surface area contributed by atoms with E-state index in [0.29, 0.717) is 0 Å². The molecule has 0 amide bonds. The van der Waals surface area contributed by atoms with Crippen LogP contribution in [0.15, 0.2) is 18.2 Å². The number of benzene rings is 1. The lowest BCUT2D eigenvalue weighted by Gasteiger charge is -2.36. The van der Waals surface area contributed by atoms with Crippen molar-refractivity contribution in [2.45, 2.75) is 52.0 Å². The Labute approximate surface area is 141 Å². The van der Waals surface area contributed by atoms with Gasteiger partial charge < -0.3 is 14.5 Å². The van der Waals surface area contributed by atoms with Crippen molar-refractivity contribution in [3.8, 4) is 5.75 Å². The number of piperidine rings is 1. The third-order valence-electron chi connectivity index (χ3n) is 5.58. The predicted octanol–water partition coefficient (Wildman–Crippen LogP) is 3.63. The quantitative estimate of drug-likeness (QED) is 0.745. The van der Waals surface area contributed by atoms with Crippen molar-refractivity contribution in [3.63, 3.8) is 0 Å². The van der Waals surface area contributed by atoms with Gasteiger partial charge >= 0.3 is 0 Å². The average Bonchev–Trinajstić information content (AvgIpc) is 3.10. The third-order valence-corrected chi connectivity index (χ3v) is 5.58. The fraction of sp³-hybridized carbons (Fsp3) is 0.700. The standard InChI is InChI=1S/C20H32N2O/c1-17-6-7-20(16-18(17)2)23-15-5-10-21-13-8-19(9-14-21)22-11-3-4-12-22/h6-7,16,19H,3-5,8-15H2,1-2H3. The fourth-order valence-corrected chi connectivity index (χ4v) is 3.90. The summed E-state index contributed by atoms with van der Waals surface area (Å²) in [7, 11) is 0. The Morgan fingerprint density at radius 3 is 2.43 bits per heavy atom. The van der Waals surface area contributed by atoms with E-state index in [0.717, 1.165) is 24.8 Å². The van der Waals surface area contributed by atoms with Gasteiger partial charge in [0.2, 0.25) is 0 Å². The molecule has 0 unspecified atom stereocenters. The van der Waals surface area contributed by atoms with Gasteiger partial charge in [0.05, 0.1) is 6.61 Å². The molecular formula is C20H32N2O. The van der Waals surface area contributed by atoms with Crippen molar-refractivity contribution in [1.82, 2.24) is 9.80 Å². The van der Waals surface area contributed by atoms with Crippen LogP contribution in [-0.2, 0) is 0 Å². The molecule has 2 saturated heterocycles. The zero-order chi connectivity index (χ0) is 16.1. The van der Waals surface area contributed by atoms with E-state index in [1.165, 1.54) is 69.5 Å². The first-order valence-corrected chi connectivity index (χ1v) is 9.39. The van der Waals surface area contributed by atoms with Crippen molar-refractivity contribution in [2.24, 2.45) is 0 Å². The lowest BCUT2D eigenvalue weighted by molar-refractivity contribution is 0.122. The second-order valence-corrected chi connectivity index (χ2v) is 7.26. The molecule has 3 nitrogen and oxygen atoms in total. The summed E-state index contributed by atoms with van der Waals surface area (Å²) in [6.07, 6.45) is 6.67. The fourth-order valence-electron chi connectivity index (χ4n) is 3.90. The molecule has 0 spiro atoms. The first-order chi connectivity index (χ1) is 11.2. The third kappa shape index (κ3) is 4.71. The molecule has 2 fully saturated rings. The molecule has 0 aliphatic carbocycles. The molecule has 3 rings (SSSR count). The summed E-state index contributed by atoms with van der Waals surface area (Å²) in [6, 6.07) is 7.25. The van der Waals surface area contributed by atoms with Crippen molar-refractivity contribution in [2.75, 3.05) is 39.3 Å². The molecule has 0 N–H and O–H groups in total. The van der Waals surface area contributed by atoms with E-state index in [1.54, 1.807) is 0 Å². The van der Waals surface area contributed by atoms with Crippen molar-refractivity contribution in [1.29, 1.82) is 0 Å². The lowest BCUT2D eigenvalue weighted by Crippen LogP contribution is -2.44. The van der Waals surface area contributed by atoms with Gasteiger partial charge in [0.1, 0.15) is 5.75 Å². The maximum absolute atomic E-state index is 5.90. The molecule has 128 valence electrons. The molecule has 2 heterocycles. The highest BCUT2D eigenvalue weighted by molar-refractivity contribution is 5.33. The Bertz CT molecular complexity index is 488. The van der Waals surface area contributed by atoms with E-state index in [1.807, 2.05) is 0 Å². The Balaban J connectivity index is 1.31. The molecule has 0 bridgehead atoms. The molecule has 2 aliphatic rings. The highest BCUT2D eigenvalue weighted by Gasteiger charge is 2.25. The minimum Gasteiger partial charge on any atom is -0.494 e. The van der Waals surface area contributed by atoms with Crippen LogP contribution >= 0.6 is 0 Å². The summed E-state index contributed by atoms with van der Waals surface area (Å²) in [4.78, 5) is 5.34. The van der Waals surface area contributed by atoms with E-state index < -0.39 is 0 Å². The number of hydrogen-bond acceptors (Lipinski definition) is 3. The van der Waals surface area contributed by atoms with Gasteiger partial charge in [-0.05, 0) is 95.4 Å². The topological polar surface area (TPSA) is 15.7 Å². The Morgan fingerprint density at radius 2 is 1.74 bits per heavy atom. The summed E-state index contributed by atoms with van der Waals surface area (Å²) >= 11 is 0. The summed E-state index contributed by atoms with van der Waals surface area (Å²) in [5, 5.41) is 0. The average molecular weight is 316 g/mol. The van der Waals surface area contributed by atoms with E-state index in [4.69, 9.17) is 4.74 Å². The normalized spacial score (nSPS) is 21.0. The van der Waals surface area contributed by atoms with Gasteiger partial charge in [0.15, 0.2) is 0 Å². The lowest BCUT2D eigenvalue weighted by atomic mass is 10.0. The van der Waals surface area contributed by atoms with Gasteiger partial charge in [-0.1, -0.05) is 6.07 Å². The SMILES string of the molecule is Cc1ccc(OCCCN2CCC(N3CCCC3)CC2)cc1C. The highest BCUT2D eigenvalue weighted by Crippen LogP contribution is 2.21. The zero-order valence-electron chi connectivity index (χ0n) is 14.9. The Kier molecular flexibility index (Phi) is 5.96. The van der Waals surface area contributed by atoms with E-state index in [-0.39, 0.29) is 0 Å². The molecule has 1 aromatic carbocycles. The van der Waals surface area contributed by atoms with Crippen LogP contribution < -0.4 is 4.74 Å². The molecule has 23 heavy (non-hydrogen) atoms. The molecular weight excluding hydrogens is 284 g/mol. The van der Waals surface area contributed by atoms with Crippen LogP contribution in [0.1, 0.15) is 43.2 Å². The minimum absolute atomic E-state index is 0.828. The van der Waals surface area contributed by atoms with Crippen LogP contribution in [0.5, 0.6) is 5.75 Å². The molecule has 0 aromatic heterocycles. The molecule has 3 heteroatoms. The summed E-state index contributed by atoms with van der Waals surface area (Å²) < 4.78 is 5.90. The van der Waals surface area contributed by atoms with Gasteiger partial charge in [-0.25, -0.2) is 0 Å². The zero-order valence-corrected chi connectivity index (χ0v) is 14.9. The van der Waals surface area contributed by atoms with Gasteiger partial charge in [-0.15, -0.1) is 0 Å². The van der Waals surface area contributed by atoms with E-state index >= 15 is 0 Å². The number of aryl methyl sites for hydroxylation is 2. The van der Waals surface area contributed by atoms with Crippen molar-refractivity contribution in [3.05, 3.63) is 29.3 Å².